The largest absolute Gasteiger partial charge is 0.373 e. The Labute approximate surface area is 100 Å². The normalized spacial score (nSPS) is 10.2. The van der Waals surface area contributed by atoms with Crippen molar-refractivity contribution >= 4 is 23.2 Å². The number of amides is 1. The van der Waals surface area contributed by atoms with Gasteiger partial charge in [0.25, 0.3) is 5.91 Å². The lowest BCUT2D eigenvalue weighted by molar-refractivity contribution is 0.100. The van der Waals surface area contributed by atoms with Crippen LogP contribution in [0.15, 0.2) is 18.2 Å². The molecule has 1 amide bonds. The smallest absolute Gasteiger partial charge is 0.250 e. The molecule has 1 aromatic rings. The number of primary amides is 1. The van der Waals surface area contributed by atoms with E-state index in [0.717, 1.165) is 18.8 Å². The van der Waals surface area contributed by atoms with Crippen LogP contribution in [0.5, 0.6) is 0 Å². The second-order valence-electron chi connectivity index (χ2n) is 3.55. The van der Waals surface area contributed by atoms with Gasteiger partial charge in [-0.05, 0) is 25.2 Å². The maximum atomic E-state index is 11.2. The van der Waals surface area contributed by atoms with Crippen LogP contribution in [-0.2, 0) is 0 Å². The highest BCUT2D eigenvalue weighted by Crippen LogP contribution is 2.23. The van der Waals surface area contributed by atoms with Gasteiger partial charge in [0, 0.05) is 25.2 Å². The zero-order valence-electron chi connectivity index (χ0n) is 9.46. The molecule has 1 rings (SSSR count). The zero-order valence-corrected chi connectivity index (χ0v) is 10.2. The molecule has 88 valence electrons. The van der Waals surface area contributed by atoms with Crippen molar-refractivity contribution < 1.29 is 4.79 Å². The van der Waals surface area contributed by atoms with Crippen molar-refractivity contribution in [2.75, 3.05) is 32.1 Å². The van der Waals surface area contributed by atoms with Gasteiger partial charge in [-0.15, -0.1) is 0 Å². The third-order valence-electron chi connectivity index (χ3n) is 2.33. The van der Waals surface area contributed by atoms with Crippen LogP contribution in [0.2, 0.25) is 5.02 Å². The lowest BCUT2D eigenvalue weighted by Gasteiger charge is -2.21. The Balaban J connectivity index is 2.99. The number of halogens is 1. The maximum absolute atomic E-state index is 11.2. The van der Waals surface area contributed by atoms with Crippen LogP contribution in [0.25, 0.3) is 0 Å². The highest BCUT2D eigenvalue weighted by atomic mass is 35.5. The lowest BCUT2D eigenvalue weighted by Crippen LogP contribution is -2.29. The number of carbonyl (C=O) groups is 1. The molecular weight excluding hydrogens is 226 g/mol. The molecule has 0 saturated carbocycles. The fourth-order valence-electron chi connectivity index (χ4n) is 1.43. The van der Waals surface area contributed by atoms with E-state index < -0.39 is 5.91 Å². The Hall–Kier alpha value is -1.26. The second kappa shape index (κ2) is 5.72. The van der Waals surface area contributed by atoms with Crippen molar-refractivity contribution in [3.63, 3.8) is 0 Å². The number of carbonyl (C=O) groups excluding carboxylic acids is 1. The standard InChI is InChI=1S/C11H16ClN3O/c1-14-5-6-15(2)10-7-8(12)3-4-9(10)11(13)16/h3-4,7,14H,5-6H2,1-2H3,(H2,13,16). The van der Waals surface area contributed by atoms with Crippen LogP contribution in [0.4, 0.5) is 5.69 Å². The zero-order chi connectivity index (χ0) is 12.1. The van der Waals surface area contributed by atoms with E-state index in [-0.39, 0.29) is 0 Å². The summed E-state index contributed by atoms with van der Waals surface area (Å²) >= 11 is 5.91. The molecule has 16 heavy (non-hydrogen) atoms. The number of nitrogens with one attached hydrogen (secondary N) is 1. The molecule has 3 N–H and O–H groups in total. The molecule has 0 aromatic heterocycles. The molecular formula is C11H16ClN3O. The number of hydrogen-bond donors (Lipinski definition) is 2. The molecule has 0 aliphatic rings. The average Bonchev–Trinajstić information content (AvgIpc) is 2.25. The van der Waals surface area contributed by atoms with Crippen molar-refractivity contribution in [3.8, 4) is 0 Å². The molecule has 0 atom stereocenters. The summed E-state index contributed by atoms with van der Waals surface area (Å²) < 4.78 is 0. The van der Waals surface area contributed by atoms with E-state index in [4.69, 9.17) is 17.3 Å². The number of hydrogen-bond acceptors (Lipinski definition) is 3. The molecule has 0 aliphatic carbocycles. The lowest BCUT2D eigenvalue weighted by atomic mass is 10.1. The monoisotopic (exact) mass is 241 g/mol. The quantitative estimate of drug-likeness (QED) is 0.812. The Kier molecular flexibility index (Phi) is 4.58. The van der Waals surface area contributed by atoms with Gasteiger partial charge in [-0.1, -0.05) is 11.6 Å². The summed E-state index contributed by atoms with van der Waals surface area (Å²) in [5.74, 6) is -0.442. The van der Waals surface area contributed by atoms with E-state index in [1.807, 2.05) is 19.0 Å². The fraction of sp³-hybridized carbons (Fsp3) is 0.364. The first-order valence-corrected chi connectivity index (χ1v) is 5.39. The first kappa shape index (κ1) is 12.8. The Morgan fingerprint density at radius 1 is 1.56 bits per heavy atom. The predicted molar refractivity (Wildman–Crippen MR) is 67.2 cm³/mol. The number of nitrogens with two attached hydrogens (primary N) is 1. The topological polar surface area (TPSA) is 58.4 Å². The average molecular weight is 242 g/mol. The van der Waals surface area contributed by atoms with Crippen molar-refractivity contribution in [2.45, 2.75) is 0 Å². The van der Waals surface area contributed by atoms with E-state index in [1.165, 1.54) is 0 Å². The number of likely N-dealkylation sites (N-methyl/N-ethyl adjacent to an activating group) is 2. The summed E-state index contributed by atoms with van der Waals surface area (Å²) in [4.78, 5) is 13.2. The molecule has 0 saturated heterocycles. The van der Waals surface area contributed by atoms with Crippen molar-refractivity contribution in [2.24, 2.45) is 5.73 Å². The highest BCUT2D eigenvalue weighted by Gasteiger charge is 2.11. The number of rotatable bonds is 5. The number of nitrogens with zero attached hydrogens (tertiary/aromatic N) is 1. The van der Waals surface area contributed by atoms with Gasteiger partial charge in [-0.2, -0.15) is 0 Å². The summed E-state index contributed by atoms with van der Waals surface area (Å²) in [6.45, 7) is 1.60. The second-order valence-corrected chi connectivity index (χ2v) is 3.99. The molecule has 0 spiro atoms. The van der Waals surface area contributed by atoms with Crippen molar-refractivity contribution in [3.05, 3.63) is 28.8 Å². The maximum Gasteiger partial charge on any atom is 0.250 e. The molecule has 0 bridgehead atoms. The van der Waals surface area contributed by atoms with E-state index in [0.29, 0.717) is 10.6 Å². The summed E-state index contributed by atoms with van der Waals surface area (Å²) in [5.41, 5.74) is 6.56. The van der Waals surface area contributed by atoms with Gasteiger partial charge in [0.15, 0.2) is 0 Å². The molecule has 5 heteroatoms. The third-order valence-corrected chi connectivity index (χ3v) is 2.57. The fourth-order valence-corrected chi connectivity index (χ4v) is 1.60. The predicted octanol–water partition coefficient (Wildman–Crippen LogP) is 1.09. The van der Waals surface area contributed by atoms with Crippen molar-refractivity contribution in [1.29, 1.82) is 0 Å². The summed E-state index contributed by atoms with van der Waals surface area (Å²) in [6.07, 6.45) is 0. The van der Waals surface area contributed by atoms with Crippen LogP contribution in [-0.4, -0.2) is 33.1 Å². The minimum atomic E-state index is -0.442. The van der Waals surface area contributed by atoms with Gasteiger partial charge in [0.05, 0.1) is 11.3 Å². The summed E-state index contributed by atoms with van der Waals surface area (Å²) in [7, 11) is 3.77. The van der Waals surface area contributed by atoms with Gasteiger partial charge in [0.1, 0.15) is 0 Å². The SMILES string of the molecule is CNCCN(C)c1cc(Cl)ccc1C(N)=O. The summed E-state index contributed by atoms with van der Waals surface area (Å²) in [6, 6.07) is 5.06. The van der Waals surface area contributed by atoms with E-state index in [1.54, 1.807) is 18.2 Å². The first-order valence-electron chi connectivity index (χ1n) is 5.01. The number of anilines is 1. The van der Waals surface area contributed by atoms with Crippen molar-refractivity contribution in [1.82, 2.24) is 5.32 Å². The van der Waals surface area contributed by atoms with Crippen LogP contribution in [0.1, 0.15) is 10.4 Å². The molecule has 0 fully saturated rings. The minimum absolute atomic E-state index is 0.442. The first-order chi connectivity index (χ1) is 7.56. The molecule has 0 heterocycles. The third kappa shape index (κ3) is 3.12. The summed E-state index contributed by atoms with van der Waals surface area (Å²) in [5, 5.41) is 3.63. The molecule has 4 nitrogen and oxygen atoms in total. The van der Waals surface area contributed by atoms with Gasteiger partial charge in [-0.25, -0.2) is 0 Å². The highest BCUT2D eigenvalue weighted by molar-refractivity contribution is 6.31. The van der Waals surface area contributed by atoms with Gasteiger partial charge < -0.3 is 16.0 Å². The van der Waals surface area contributed by atoms with E-state index in [9.17, 15) is 4.79 Å². The Bertz CT molecular complexity index is 381. The Morgan fingerprint density at radius 3 is 2.81 bits per heavy atom. The molecule has 0 aliphatic heterocycles. The molecule has 0 unspecified atom stereocenters. The molecule has 1 aromatic carbocycles. The van der Waals surface area contributed by atoms with E-state index in [2.05, 4.69) is 5.32 Å². The molecule has 0 radical (unpaired) electrons. The minimum Gasteiger partial charge on any atom is -0.373 e. The van der Waals surface area contributed by atoms with Crippen LogP contribution >= 0.6 is 11.6 Å². The van der Waals surface area contributed by atoms with Gasteiger partial charge >= 0.3 is 0 Å². The van der Waals surface area contributed by atoms with Gasteiger partial charge in [-0.3, -0.25) is 4.79 Å². The van der Waals surface area contributed by atoms with E-state index >= 15 is 0 Å². The Morgan fingerprint density at radius 2 is 2.25 bits per heavy atom. The van der Waals surface area contributed by atoms with Crippen LogP contribution in [0.3, 0.4) is 0 Å². The van der Waals surface area contributed by atoms with Gasteiger partial charge in [0.2, 0.25) is 0 Å². The van der Waals surface area contributed by atoms with Crippen LogP contribution < -0.4 is 16.0 Å². The van der Waals surface area contributed by atoms with Crippen LogP contribution in [0, 0.1) is 0 Å². The number of benzene rings is 1.